The number of rotatable bonds is 8. The number of carbonyl (C=O) groups excluding carboxylic acids is 2. The van der Waals surface area contributed by atoms with Gasteiger partial charge in [-0.15, -0.1) is 0 Å². The zero-order valence-electron chi connectivity index (χ0n) is 16.9. The number of H-pyrrole nitrogens is 1. The Kier molecular flexibility index (Phi) is 6.98. The van der Waals surface area contributed by atoms with Crippen molar-refractivity contribution in [3.05, 3.63) is 53.1 Å². The Labute approximate surface area is 169 Å². The van der Waals surface area contributed by atoms with Crippen molar-refractivity contribution in [3.8, 4) is 0 Å². The molecular formula is C21H27FN4O3. The monoisotopic (exact) mass is 402 g/mol. The normalized spacial score (nSPS) is 16.9. The molecule has 7 nitrogen and oxygen atoms in total. The molecule has 2 amide bonds. The Hall–Kier alpha value is -2.74. The molecule has 3 rings (SSSR count). The number of carbonyl (C=O) groups is 2. The quantitative estimate of drug-likeness (QED) is 0.734. The summed E-state index contributed by atoms with van der Waals surface area (Å²) in [6, 6.07) is 8.27. The van der Waals surface area contributed by atoms with E-state index in [9.17, 15) is 14.0 Å². The Balaban J connectivity index is 1.55. The number of nitrogens with one attached hydrogen (secondary N) is 1. The predicted molar refractivity (Wildman–Crippen MR) is 105 cm³/mol. The molecule has 0 spiro atoms. The van der Waals surface area contributed by atoms with Gasteiger partial charge in [-0.25, -0.2) is 4.39 Å². The van der Waals surface area contributed by atoms with Crippen LogP contribution in [-0.4, -0.2) is 59.1 Å². The van der Waals surface area contributed by atoms with Gasteiger partial charge in [0.2, 0.25) is 11.8 Å². The Morgan fingerprint density at radius 2 is 2.24 bits per heavy atom. The first-order valence-electron chi connectivity index (χ1n) is 9.75. The maximum Gasteiger partial charge on any atom is 0.227 e. The lowest BCUT2D eigenvalue weighted by Gasteiger charge is -2.33. The van der Waals surface area contributed by atoms with Gasteiger partial charge in [0.05, 0.1) is 30.5 Å². The third kappa shape index (κ3) is 5.63. The second kappa shape index (κ2) is 9.65. The number of amides is 2. The summed E-state index contributed by atoms with van der Waals surface area (Å²) < 4.78 is 18.4. The molecule has 2 aromatic rings. The van der Waals surface area contributed by atoms with Gasteiger partial charge in [-0.3, -0.25) is 14.7 Å². The van der Waals surface area contributed by atoms with Crippen LogP contribution in [0.2, 0.25) is 0 Å². The summed E-state index contributed by atoms with van der Waals surface area (Å²) in [5.41, 5.74) is 2.47. The van der Waals surface area contributed by atoms with Crippen LogP contribution in [0.3, 0.4) is 0 Å². The summed E-state index contributed by atoms with van der Waals surface area (Å²) in [4.78, 5) is 28.5. The van der Waals surface area contributed by atoms with E-state index in [1.54, 1.807) is 30.0 Å². The van der Waals surface area contributed by atoms with Gasteiger partial charge in [0.1, 0.15) is 5.82 Å². The lowest BCUT2D eigenvalue weighted by Crippen LogP contribution is -2.46. The number of aromatic nitrogens is 2. The van der Waals surface area contributed by atoms with Gasteiger partial charge in [-0.2, -0.15) is 5.10 Å². The number of piperidine rings is 1. The van der Waals surface area contributed by atoms with E-state index in [1.807, 2.05) is 12.1 Å². The summed E-state index contributed by atoms with van der Waals surface area (Å²) in [6.07, 6.45) is 1.47. The smallest absolute Gasteiger partial charge is 0.227 e. The molecule has 1 fully saturated rings. The van der Waals surface area contributed by atoms with E-state index in [0.717, 1.165) is 17.0 Å². The van der Waals surface area contributed by atoms with Crippen molar-refractivity contribution in [3.63, 3.8) is 0 Å². The summed E-state index contributed by atoms with van der Waals surface area (Å²) in [7, 11) is 3.36. The van der Waals surface area contributed by atoms with Crippen molar-refractivity contribution in [2.24, 2.45) is 5.92 Å². The molecule has 1 atom stereocenters. The second-order valence-corrected chi connectivity index (χ2v) is 7.47. The van der Waals surface area contributed by atoms with Crippen LogP contribution in [0, 0.1) is 11.7 Å². The Bertz CT molecular complexity index is 854. The molecule has 0 unspecified atom stereocenters. The number of nitrogens with zero attached hydrogens (tertiary/aromatic N) is 3. The van der Waals surface area contributed by atoms with Crippen molar-refractivity contribution >= 4 is 11.8 Å². The third-order valence-corrected chi connectivity index (χ3v) is 5.17. The minimum Gasteiger partial charge on any atom is -0.378 e. The summed E-state index contributed by atoms with van der Waals surface area (Å²) >= 11 is 0. The Morgan fingerprint density at radius 1 is 1.41 bits per heavy atom. The van der Waals surface area contributed by atoms with Crippen LogP contribution in [0.4, 0.5) is 4.39 Å². The minimum absolute atomic E-state index is 0.0103. The maximum absolute atomic E-state index is 13.3. The highest BCUT2D eigenvalue weighted by Crippen LogP contribution is 2.21. The molecule has 0 saturated carbocycles. The van der Waals surface area contributed by atoms with Crippen molar-refractivity contribution in [2.75, 3.05) is 27.2 Å². The number of aromatic amines is 1. The molecule has 1 aliphatic rings. The molecular weight excluding hydrogens is 375 g/mol. The minimum atomic E-state index is -0.283. The topological polar surface area (TPSA) is 78.5 Å². The van der Waals surface area contributed by atoms with Gasteiger partial charge in [-0.1, -0.05) is 12.1 Å². The number of benzene rings is 1. The standard InChI is InChI=1S/C21H27FN4O3/c1-25(13-18-11-19(14-29-2)24-23-18)21(28)16-6-7-20(27)26(12-16)9-8-15-4-3-5-17(22)10-15/h3-5,10-11,16H,6-9,12-14H2,1-2H3,(H,23,24)/t16-/m0/s1. The first-order valence-corrected chi connectivity index (χ1v) is 9.75. The van der Waals surface area contributed by atoms with Gasteiger partial charge >= 0.3 is 0 Å². The van der Waals surface area contributed by atoms with E-state index in [4.69, 9.17) is 4.74 Å². The lowest BCUT2D eigenvalue weighted by molar-refractivity contribution is -0.142. The van der Waals surface area contributed by atoms with Crippen LogP contribution in [0.25, 0.3) is 0 Å². The fourth-order valence-corrected chi connectivity index (χ4v) is 3.65. The van der Waals surface area contributed by atoms with Gasteiger partial charge in [-0.05, 0) is 36.6 Å². The molecule has 156 valence electrons. The van der Waals surface area contributed by atoms with Crippen LogP contribution < -0.4 is 0 Å². The molecule has 29 heavy (non-hydrogen) atoms. The number of halogens is 1. The molecule has 1 aromatic carbocycles. The highest BCUT2D eigenvalue weighted by atomic mass is 19.1. The molecule has 8 heteroatoms. The SMILES string of the molecule is COCc1cc(CN(C)C(=O)[C@H]2CCC(=O)N(CCc3cccc(F)c3)C2)[nH]n1. The highest BCUT2D eigenvalue weighted by Gasteiger charge is 2.31. The van der Waals surface area contributed by atoms with Crippen LogP contribution in [0.5, 0.6) is 0 Å². The first kappa shape index (κ1) is 21.0. The molecule has 1 aromatic heterocycles. The van der Waals surface area contributed by atoms with Gasteiger partial charge < -0.3 is 14.5 Å². The van der Waals surface area contributed by atoms with Gasteiger partial charge in [0, 0.05) is 33.7 Å². The molecule has 0 radical (unpaired) electrons. The van der Waals surface area contributed by atoms with E-state index in [-0.39, 0.29) is 23.5 Å². The van der Waals surface area contributed by atoms with E-state index in [0.29, 0.717) is 45.5 Å². The zero-order chi connectivity index (χ0) is 20.8. The van der Waals surface area contributed by atoms with Gasteiger partial charge in [0.15, 0.2) is 0 Å². The van der Waals surface area contributed by atoms with Crippen LogP contribution in [-0.2, 0) is 33.9 Å². The number of ether oxygens (including phenoxy) is 1. The third-order valence-electron chi connectivity index (χ3n) is 5.17. The number of hydrogen-bond acceptors (Lipinski definition) is 4. The molecule has 1 saturated heterocycles. The zero-order valence-corrected chi connectivity index (χ0v) is 16.9. The van der Waals surface area contributed by atoms with Crippen LogP contribution >= 0.6 is 0 Å². The summed E-state index contributed by atoms with van der Waals surface area (Å²) in [5, 5.41) is 7.06. The fraction of sp³-hybridized carbons (Fsp3) is 0.476. The molecule has 2 heterocycles. The summed E-state index contributed by atoms with van der Waals surface area (Å²) in [5.74, 6) is -0.455. The van der Waals surface area contributed by atoms with Crippen LogP contribution in [0.1, 0.15) is 29.8 Å². The first-order chi connectivity index (χ1) is 14.0. The fourth-order valence-electron chi connectivity index (χ4n) is 3.65. The number of methoxy groups -OCH3 is 1. The largest absolute Gasteiger partial charge is 0.378 e. The van der Waals surface area contributed by atoms with E-state index >= 15 is 0 Å². The van der Waals surface area contributed by atoms with E-state index in [1.165, 1.54) is 12.1 Å². The highest BCUT2D eigenvalue weighted by molar-refractivity contribution is 5.83. The summed E-state index contributed by atoms with van der Waals surface area (Å²) in [6.45, 7) is 1.72. The molecule has 0 aliphatic carbocycles. The molecule has 1 aliphatic heterocycles. The predicted octanol–water partition coefficient (Wildman–Crippen LogP) is 2.13. The molecule has 1 N–H and O–H groups in total. The average molecular weight is 402 g/mol. The van der Waals surface area contributed by atoms with Crippen molar-refractivity contribution in [1.82, 2.24) is 20.0 Å². The lowest BCUT2D eigenvalue weighted by atomic mass is 9.95. The van der Waals surface area contributed by atoms with Crippen LogP contribution in [0.15, 0.2) is 30.3 Å². The number of likely N-dealkylation sites (tertiary alicyclic amines) is 1. The Morgan fingerprint density at radius 3 is 3.00 bits per heavy atom. The second-order valence-electron chi connectivity index (χ2n) is 7.47. The number of hydrogen-bond donors (Lipinski definition) is 1. The average Bonchev–Trinajstić information content (AvgIpc) is 3.14. The van der Waals surface area contributed by atoms with Crippen molar-refractivity contribution < 1.29 is 18.7 Å². The van der Waals surface area contributed by atoms with Crippen molar-refractivity contribution in [1.29, 1.82) is 0 Å². The van der Waals surface area contributed by atoms with E-state index in [2.05, 4.69) is 10.2 Å². The molecule has 0 bridgehead atoms. The maximum atomic E-state index is 13.3. The van der Waals surface area contributed by atoms with E-state index < -0.39 is 0 Å². The van der Waals surface area contributed by atoms with Crippen molar-refractivity contribution in [2.45, 2.75) is 32.4 Å². The van der Waals surface area contributed by atoms with Gasteiger partial charge in [0.25, 0.3) is 0 Å².